The molecule has 0 spiro atoms. The van der Waals surface area contributed by atoms with Gasteiger partial charge in [-0.25, -0.2) is 4.79 Å². The molecule has 0 amide bonds. The maximum atomic E-state index is 11.2. The zero-order chi connectivity index (χ0) is 16.8. The minimum Gasteiger partial charge on any atom is -0.478 e. The van der Waals surface area contributed by atoms with Crippen LogP contribution in [0.15, 0.2) is 46.9 Å². The van der Waals surface area contributed by atoms with Gasteiger partial charge in [-0.2, -0.15) is 0 Å². The average Bonchev–Trinajstić information content (AvgIpc) is 2.51. The summed E-state index contributed by atoms with van der Waals surface area (Å²) in [6.45, 7) is 3.96. The molecule has 2 atom stereocenters. The number of hydrogen-bond donors (Lipinski definition) is 3. The molecule has 23 heavy (non-hydrogen) atoms. The summed E-state index contributed by atoms with van der Waals surface area (Å²) in [6.07, 6.45) is -0.758. The molecule has 2 unspecified atom stereocenters. The Morgan fingerprint density at radius 1 is 1.17 bits per heavy atom. The summed E-state index contributed by atoms with van der Waals surface area (Å²) in [4.78, 5) is 11.2. The molecule has 0 fully saturated rings. The first-order valence-corrected chi connectivity index (χ1v) is 8.17. The number of halogens is 1. The third-order valence-corrected chi connectivity index (χ3v) is 5.07. The molecule has 4 nitrogen and oxygen atoms in total. The van der Waals surface area contributed by atoms with Crippen LogP contribution in [0.25, 0.3) is 0 Å². The van der Waals surface area contributed by atoms with Gasteiger partial charge in [-0.05, 0) is 35.9 Å². The first-order chi connectivity index (χ1) is 10.8. The molecule has 0 aliphatic carbocycles. The van der Waals surface area contributed by atoms with Crippen molar-refractivity contribution < 1.29 is 15.0 Å². The number of nitrogens with one attached hydrogen (secondary N) is 1. The molecule has 0 aromatic heterocycles. The van der Waals surface area contributed by atoms with Gasteiger partial charge < -0.3 is 15.5 Å². The van der Waals surface area contributed by atoms with Crippen molar-refractivity contribution in [1.82, 2.24) is 0 Å². The normalized spacial score (nSPS) is 22.1. The molecule has 1 aliphatic heterocycles. The predicted molar refractivity (Wildman–Crippen MR) is 92.6 cm³/mol. The van der Waals surface area contributed by atoms with E-state index >= 15 is 0 Å². The number of anilines is 1. The fourth-order valence-electron chi connectivity index (χ4n) is 3.12. The topological polar surface area (TPSA) is 69.6 Å². The smallest absolute Gasteiger partial charge is 0.335 e. The Kier molecular flexibility index (Phi) is 3.94. The minimum absolute atomic E-state index is 0.0752. The Bertz CT molecular complexity index is 755. The first-order valence-electron chi connectivity index (χ1n) is 7.38. The van der Waals surface area contributed by atoms with Crippen molar-refractivity contribution in [3.8, 4) is 0 Å². The van der Waals surface area contributed by atoms with Crippen LogP contribution in [0, 0.1) is 5.41 Å². The maximum absolute atomic E-state index is 11.2. The van der Waals surface area contributed by atoms with E-state index in [4.69, 9.17) is 5.11 Å². The van der Waals surface area contributed by atoms with Gasteiger partial charge in [-0.1, -0.05) is 41.9 Å². The van der Waals surface area contributed by atoms with Gasteiger partial charge in [0, 0.05) is 21.1 Å². The molecular weight excluding hydrogens is 358 g/mol. The second-order valence-electron chi connectivity index (χ2n) is 6.46. The van der Waals surface area contributed by atoms with Crippen LogP contribution in [0.1, 0.15) is 47.5 Å². The largest absolute Gasteiger partial charge is 0.478 e. The number of aliphatic hydroxyl groups is 1. The van der Waals surface area contributed by atoms with Crippen molar-refractivity contribution in [2.24, 2.45) is 5.41 Å². The average molecular weight is 376 g/mol. The van der Waals surface area contributed by atoms with E-state index in [0.29, 0.717) is 5.56 Å². The lowest BCUT2D eigenvalue weighted by molar-refractivity contribution is 0.0288. The Balaban J connectivity index is 2.06. The van der Waals surface area contributed by atoms with Gasteiger partial charge >= 0.3 is 5.97 Å². The van der Waals surface area contributed by atoms with Gasteiger partial charge in [0.25, 0.3) is 0 Å². The number of carbonyl (C=O) groups is 1. The van der Waals surface area contributed by atoms with E-state index in [1.54, 1.807) is 18.2 Å². The second kappa shape index (κ2) is 5.65. The molecule has 3 N–H and O–H groups in total. The summed E-state index contributed by atoms with van der Waals surface area (Å²) in [5.74, 6) is -0.993. The molecule has 3 rings (SSSR count). The fourth-order valence-corrected chi connectivity index (χ4v) is 3.39. The van der Waals surface area contributed by atoms with Crippen molar-refractivity contribution in [2.45, 2.75) is 26.0 Å². The Hall–Kier alpha value is -1.85. The summed E-state index contributed by atoms with van der Waals surface area (Å²) >= 11 is 3.43. The summed E-state index contributed by atoms with van der Waals surface area (Å²) in [6, 6.07) is 12.7. The van der Waals surface area contributed by atoms with E-state index in [0.717, 1.165) is 15.7 Å². The van der Waals surface area contributed by atoms with E-state index in [2.05, 4.69) is 21.2 Å². The summed E-state index contributed by atoms with van der Waals surface area (Å²) in [5, 5.41) is 23.4. The Morgan fingerprint density at radius 3 is 2.43 bits per heavy atom. The van der Waals surface area contributed by atoms with Crippen LogP contribution >= 0.6 is 15.9 Å². The van der Waals surface area contributed by atoms with Gasteiger partial charge in [0.15, 0.2) is 0 Å². The highest BCUT2D eigenvalue weighted by atomic mass is 79.9. The quantitative estimate of drug-likeness (QED) is 0.728. The predicted octanol–water partition coefficient (Wildman–Crippen LogP) is 4.37. The Labute approximate surface area is 143 Å². The van der Waals surface area contributed by atoms with E-state index in [-0.39, 0.29) is 11.6 Å². The molecular formula is C18H18BrNO3. The van der Waals surface area contributed by atoms with E-state index in [1.165, 1.54) is 0 Å². The standard InChI is InChI=1S/C18H18BrNO3/c1-18(2)15(10-3-6-12(19)7-4-10)20-14-8-5-11(17(22)23)9-13(14)16(18)21/h3-9,15-16,20-21H,1-2H3,(H,22,23). The van der Waals surface area contributed by atoms with Crippen molar-refractivity contribution in [1.29, 1.82) is 0 Å². The van der Waals surface area contributed by atoms with Gasteiger partial charge in [-0.15, -0.1) is 0 Å². The minimum atomic E-state index is -0.993. The zero-order valence-corrected chi connectivity index (χ0v) is 14.5. The molecule has 0 bridgehead atoms. The third kappa shape index (κ3) is 2.75. The number of rotatable bonds is 2. The van der Waals surface area contributed by atoms with Gasteiger partial charge in [-0.3, -0.25) is 0 Å². The van der Waals surface area contributed by atoms with Crippen LogP contribution in [0.3, 0.4) is 0 Å². The lowest BCUT2D eigenvalue weighted by Gasteiger charge is -2.45. The molecule has 5 heteroatoms. The van der Waals surface area contributed by atoms with Gasteiger partial charge in [0.1, 0.15) is 0 Å². The van der Waals surface area contributed by atoms with Crippen LogP contribution in [0.4, 0.5) is 5.69 Å². The number of aliphatic hydroxyl groups excluding tert-OH is 1. The fraction of sp³-hybridized carbons (Fsp3) is 0.278. The van der Waals surface area contributed by atoms with Crippen molar-refractivity contribution in [3.63, 3.8) is 0 Å². The molecule has 2 aromatic carbocycles. The molecule has 0 saturated carbocycles. The zero-order valence-electron chi connectivity index (χ0n) is 12.9. The van der Waals surface area contributed by atoms with Crippen molar-refractivity contribution in [2.75, 3.05) is 5.32 Å². The number of fused-ring (bicyclic) bond motifs is 1. The highest BCUT2D eigenvalue weighted by Gasteiger charge is 2.43. The van der Waals surface area contributed by atoms with E-state index in [1.807, 2.05) is 38.1 Å². The number of aromatic carboxylic acids is 1. The number of benzene rings is 2. The first kappa shape index (κ1) is 16.0. The number of carboxylic acid groups (broad SMARTS) is 1. The van der Waals surface area contributed by atoms with Crippen LogP contribution in [0.5, 0.6) is 0 Å². The molecule has 120 valence electrons. The monoisotopic (exact) mass is 375 g/mol. The lowest BCUT2D eigenvalue weighted by atomic mass is 9.70. The Morgan fingerprint density at radius 2 is 1.83 bits per heavy atom. The molecule has 2 aromatic rings. The van der Waals surface area contributed by atoms with Crippen molar-refractivity contribution >= 4 is 27.6 Å². The van der Waals surface area contributed by atoms with Crippen LogP contribution in [-0.2, 0) is 0 Å². The van der Waals surface area contributed by atoms with Gasteiger partial charge in [0.05, 0.1) is 17.7 Å². The molecule has 0 radical (unpaired) electrons. The third-order valence-electron chi connectivity index (χ3n) is 4.55. The highest BCUT2D eigenvalue weighted by Crippen LogP contribution is 2.51. The van der Waals surface area contributed by atoms with Crippen LogP contribution < -0.4 is 5.32 Å². The van der Waals surface area contributed by atoms with Crippen LogP contribution in [0.2, 0.25) is 0 Å². The summed E-state index contributed by atoms with van der Waals surface area (Å²) in [7, 11) is 0. The van der Waals surface area contributed by atoms with Gasteiger partial charge in [0.2, 0.25) is 0 Å². The SMILES string of the molecule is CC1(C)C(O)c2cc(C(=O)O)ccc2NC1c1ccc(Br)cc1. The number of carboxylic acids is 1. The van der Waals surface area contributed by atoms with Crippen molar-refractivity contribution in [3.05, 3.63) is 63.6 Å². The summed E-state index contributed by atoms with van der Waals surface area (Å²) in [5.41, 5.74) is 2.17. The molecule has 0 saturated heterocycles. The maximum Gasteiger partial charge on any atom is 0.335 e. The van der Waals surface area contributed by atoms with E-state index < -0.39 is 17.5 Å². The van der Waals surface area contributed by atoms with Crippen LogP contribution in [-0.4, -0.2) is 16.2 Å². The highest BCUT2D eigenvalue weighted by molar-refractivity contribution is 9.10. The number of hydrogen-bond acceptors (Lipinski definition) is 3. The summed E-state index contributed by atoms with van der Waals surface area (Å²) < 4.78 is 1.00. The molecule has 1 aliphatic rings. The lowest BCUT2D eigenvalue weighted by Crippen LogP contribution is -2.38. The van der Waals surface area contributed by atoms with E-state index in [9.17, 15) is 9.90 Å². The molecule has 1 heterocycles. The second-order valence-corrected chi connectivity index (χ2v) is 7.38.